The van der Waals surface area contributed by atoms with Crippen LogP contribution in [0.4, 0.5) is 0 Å². The Hall–Kier alpha value is -0.0800. The van der Waals surface area contributed by atoms with Gasteiger partial charge in [0.2, 0.25) is 0 Å². The quantitative estimate of drug-likeness (QED) is 0.727. The van der Waals surface area contributed by atoms with Gasteiger partial charge in [-0.15, -0.1) is 0 Å². The highest BCUT2D eigenvalue weighted by molar-refractivity contribution is 4.90. The Balaban J connectivity index is 1.84. The standard InChI is InChI=1S/C19H37NO/c1-5-19(6-2)14-18(12-13-21-19)20-17-9-7-8-16(10-11-17)15(3)4/h15-18,20H,5-14H2,1-4H3. The molecule has 0 aromatic rings. The molecule has 0 radical (unpaired) electrons. The molecule has 1 saturated heterocycles. The second kappa shape index (κ2) is 7.97. The highest BCUT2D eigenvalue weighted by Crippen LogP contribution is 2.33. The third-order valence-corrected chi connectivity index (χ3v) is 6.21. The van der Waals surface area contributed by atoms with Crippen LogP contribution in [0.5, 0.6) is 0 Å². The molecule has 3 unspecified atom stereocenters. The molecule has 3 atom stereocenters. The summed E-state index contributed by atoms with van der Waals surface area (Å²) in [5.41, 5.74) is 0.154. The molecule has 2 heteroatoms. The van der Waals surface area contributed by atoms with E-state index in [4.69, 9.17) is 4.74 Å². The largest absolute Gasteiger partial charge is 0.375 e. The van der Waals surface area contributed by atoms with Crippen LogP contribution >= 0.6 is 0 Å². The fourth-order valence-electron chi connectivity index (χ4n) is 4.41. The van der Waals surface area contributed by atoms with Gasteiger partial charge in [0.1, 0.15) is 0 Å². The lowest BCUT2D eigenvalue weighted by molar-refractivity contribution is -0.0942. The van der Waals surface area contributed by atoms with Crippen LogP contribution in [0.2, 0.25) is 0 Å². The van der Waals surface area contributed by atoms with Gasteiger partial charge in [-0.3, -0.25) is 0 Å². The summed E-state index contributed by atoms with van der Waals surface area (Å²) in [6.07, 6.45) is 11.8. The number of ether oxygens (including phenoxy) is 1. The van der Waals surface area contributed by atoms with Gasteiger partial charge in [-0.2, -0.15) is 0 Å². The summed E-state index contributed by atoms with van der Waals surface area (Å²) in [6.45, 7) is 10.3. The molecule has 0 aromatic heterocycles. The Bertz CT molecular complexity index is 298. The van der Waals surface area contributed by atoms with E-state index < -0.39 is 0 Å². The first-order chi connectivity index (χ1) is 10.1. The number of nitrogens with one attached hydrogen (secondary N) is 1. The molecule has 1 aliphatic carbocycles. The molecule has 0 amide bonds. The Labute approximate surface area is 132 Å². The lowest BCUT2D eigenvalue weighted by Crippen LogP contribution is -2.49. The zero-order chi connectivity index (χ0) is 15.3. The van der Waals surface area contributed by atoms with E-state index in [1.54, 1.807) is 0 Å². The molecule has 0 aromatic carbocycles. The van der Waals surface area contributed by atoms with Crippen molar-refractivity contribution in [3.8, 4) is 0 Å². The van der Waals surface area contributed by atoms with Crippen molar-refractivity contribution in [3.63, 3.8) is 0 Å². The molecule has 1 aliphatic heterocycles. The topological polar surface area (TPSA) is 21.3 Å². The van der Waals surface area contributed by atoms with Crippen molar-refractivity contribution in [2.45, 2.75) is 103 Å². The fraction of sp³-hybridized carbons (Fsp3) is 1.00. The molecular weight excluding hydrogens is 258 g/mol. The van der Waals surface area contributed by atoms with Crippen molar-refractivity contribution in [2.24, 2.45) is 11.8 Å². The molecule has 0 spiro atoms. The van der Waals surface area contributed by atoms with Gasteiger partial charge in [0, 0.05) is 18.7 Å². The minimum Gasteiger partial charge on any atom is -0.375 e. The molecule has 2 aliphatic rings. The van der Waals surface area contributed by atoms with E-state index >= 15 is 0 Å². The number of hydrogen-bond donors (Lipinski definition) is 1. The summed E-state index contributed by atoms with van der Waals surface area (Å²) in [4.78, 5) is 0. The SMILES string of the molecule is CCC1(CC)CC(NC2CCCC(C(C)C)CC2)CCO1. The van der Waals surface area contributed by atoms with Crippen LogP contribution in [-0.4, -0.2) is 24.3 Å². The number of hydrogen-bond acceptors (Lipinski definition) is 2. The molecule has 21 heavy (non-hydrogen) atoms. The lowest BCUT2D eigenvalue weighted by Gasteiger charge is -2.41. The Morgan fingerprint density at radius 2 is 1.76 bits per heavy atom. The van der Waals surface area contributed by atoms with E-state index in [1.165, 1.54) is 44.9 Å². The predicted octanol–water partition coefficient (Wildman–Crippen LogP) is 4.92. The normalized spacial score (nSPS) is 33.9. The average molecular weight is 296 g/mol. The van der Waals surface area contributed by atoms with Crippen molar-refractivity contribution in [1.29, 1.82) is 0 Å². The number of rotatable bonds is 5. The van der Waals surface area contributed by atoms with Crippen molar-refractivity contribution in [3.05, 3.63) is 0 Å². The van der Waals surface area contributed by atoms with Gasteiger partial charge in [-0.25, -0.2) is 0 Å². The molecule has 1 saturated carbocycles. The molecule has 2 rings (SSSR count). The average Bonchev–Trinajstić information content (AvgIpc) is 2.73. The minimum absolute atomic E-state index is 0.154. The summed E-state index contributed by atoms with van der Waals surface area (Å²) >= 11 is 0. The van der Waals surface area contributed by atoms with E-state index in [0.29, 0.717) is 6.04 Å². The monoisotopic (exact) mass is 295 g/mol. The second-order valence-electron chi connectivity index (χ2n) is 7.80. The molecule has 1 heterocycles. The predicted molar refractivity (Wildman–Crippen MR) is 90.6 cm³/mol. The van der Waals surface area contributed by atoms with Gasteiger partial charge in [-0.05, 0) is 56.8 Å². The molecule has 1 N–H and O–H groups in total. The van der Waals surface area contributed by atoms with Crippen molar-refractivity contribution >= 4 is 0 Å². The van der Waals surface area contributed by atoms with Gasteiger partial charge in [0.05, 0.1) is 5.60 Å². The second-order valence-corrected chi connectivity index (χ2v) is 7.80. The minimum atomic E-state index is 0.154. The van der Waals surface area contributed by atoms with Gasteiger partial charge in [0.25, 0.3) is 0 Å². The third-order valence-electron chi connectivity index (χ3n) is 6.21. The van der Waals surface area contributed by atoms with E-state index in [0.717, 1.165) is 37.3 Å². The molecule has 124 valence electrons. The summed E-state index contributed by atoms with van der Waals surface area (Å²) in [5.74, 6) is 1.82. The Morgan fingerprint density at radius 3 is 2.43 bits per heavy atom. The van der Waals surface area contributed by atoms with Gasteiger partial charge in [-0.1, -0.05) is 40.5 Å². The van der Waals surface area contributed by atoms with E-state index in [2.05, 4.69) is 33.0 Å². The van der Waals surface area contributed by atoms with Crippen LogP contribution in [-0.2, 0) is 4.74 Å². The molecular formula is C19H37NO. The smallest absolute Gasteiger partial charge is 0.0692 e. The third kappa shape index (κ3) is 4.69. The lowest BCUT2D eigenvalue weighted by atomic mass is 9.85. The van der Waals surface area contributed by atoms with Crippen LogP contribution in [0.1, 0.15) is 85.5 Å². The first-order valence-electron chi connectivity index (χ1n) is 9.48. The zero-order valence-corrected chi connectivity index (χ0v) is 14.8. The van der Waals surface area contributed by atoms with E-state index in [9.17, 15) is 0 Å². The molecule has 0 bridgehead atoms. The maximum Gasteiger partial charge on any atom is 0.0692 e. The van der Waals surface area contributed by atoms with Crippen molar-refractivity contribution in [2.75, 3.05) is 6.61 Å². The van der Waals surface area contributed by atoms with E-state index in [1.807, 2.05) is 0 Å². The Morgan fingerprint density at radius 1 is 1.00 bits per heavy atom. The maximum absolute atomic E-state index is 6.12. The van der Waals surface area contributed by atoms with Gasteiger partial charge in [0.15, 0.2) is 0 Å². The van der Waals surface area contributed by atoms with Gasteiger partial charge < -0.3 is 10.1 Å². The van der Waals surface area contributed by atoms with Crippen LogP contribution in [0.15, 0.2) is 0 Å². The Kier molecular flexibility index (Phi) is 6.55. The highest BCUT2D eigenvalue weighted by Gasteiger charge is 2.35. The summed E-state index contributed by atoms with van der Waals surface area (Å²) in [7, 11) is 0. The van der Waals surface area contributed by atoms with Crippen molar-refractivity contribution in [1.82, 2.24) is 5.32 Å². The maximum atomic E-state index is 6.12. The van der Waals surface area contributed by atoms with Crippen LogP contribution in [0.25, 0.3) is 0 Å². The van der Waals surface area contributed by atoms with Crippen molar-refractivity contribution < 1.29 is 4.74 Å². The van der Waals surface area contributed by atoms with Crippen LogP contribution in [0.3, 0.4) is 0 Å². The van der Waals surface area contributed by atoms with E-state index in [-0.39, 0.29) is 5.60 Å². The summed E-state index contributed by atoms with van der Waals surface area (Å²) in [6, 6.07) is 1.43. The van der Waals surface area contributed by atoms with Crippen LogP contribution < -0.4 is 5.32 Å². The highest BCUT2D eigenvalue weighted by atomic mass is 16.5. The molecule has 2 nitrogen and oxygen atoms in total. The first-order valence-corrected chi connectivity index (χ1v) is 9.48. The first kappa shape index (κ1) is 17.3. The summed E-state index contributed by atoms with van der Waals surface area (Å²) < 4.78 is 6.12. The zero-order valence-electron chi connectivity index (χ0n) is 14.8. The summed E-state index contributed by atoms with van der Waals surface area (Å²) in [5, 5.41) is 4.00. The fourth-order valence-corrected chi connectivity index (χ4v) is 4.41. The van der Waals surface area contributed by atoms with Crippen LogP contribution in [0, 0.1) is 11.8 Å². The molecule has 2 fully saturated rings. The van der Waals surface area contributed by atoms with Gasteiger partial charge >= 0.3 is 0 Å².